The highest BCUT2D eigenvalue weighted by atomic mass is 35.5. The van der Waals surface area contributed by atoms with Crippen LogP contribution in [-0.2, 0) is 0 Å². The van der Waals surface area contributed by atoms with Gasteiger partial charge < -0.3 is 11.1 Å². The zero-order chi connectivity index (χ0) is 13.1. The quantitative estimate of drug-likeness (QED) is 0.879. The summed E-state index contributed by atoms with van der Waals surface area (Å²) in [6.07, 6.45) is 3.25. The third-order valence-corrected chi connectivity index (χ3v) is 3.28. The van der Waals surface area contributed by atoms with Gasteiger partial charge in [-0.25, -0.2) is 8.78 Å². The average Bonchev–Trinajstić information content (AvgIpc) is 2.35. The fraction of sp³-hybridized carbons (Fsp3) is 0.462. The molecular weight excluding hydrogens is 274 g/mol. The van der Waals surface area contributed by atoms with E-state index in [0.29, 0.717) is 0 Å². The lowest BCUT2D eigenvalue weighted by Crippen LogP contribution is -2.40. The lowest BCUT2D eigenvalue weighted by Gasteiger charge is -2.26. The molecule has 1 aromatic rings. The van der Waals surface area contributed by atoms with Gasteiger partial charge in [-0.2, -0.15) is 0 Å². The number of halogens is 3. The van der Waals surface area contributed by atoms with E-state index in [1.165, 1.54) is 0 Å². The van der Waals surface area contributed by atoms with Crippen molar-refractivity contribution in [2.45, 2.75) is 37.8 Å². The standard InChI is InChI=1S/C13H16F2N2O.ClH/c14-8-1-6-12(15)11(7-8)13(18)17-10-4-2-9(16)3-5-10;/h1,6-7,9-10H,2-5,16H2,(H,17,18);1H. The fourth-order valence-corrected chi connectivity index (χ4v) is 2.20. The van der Waals surface area contributed by atoms with Crippen LogP contribution in [0.3, 0.4) is 0 Å². The van der Waals surface area contributed by atoms with Crippen molar-refractivity contribution < 1.29 is 13.6 Å². The van der Waals surface area contributed by atoms with Crippen LogP contribution in [0.4, 0.5) is 8.78 Å². The molecule has 19 heavy (non-hydrogen) atoms. The Morgan fingerprint density at radius 2 is 1.84 bits per heavy atom. The Bertz CT molecular complexity index is 448. The SMILES string of the molecule is Cl.NC1CCC(NC(=O)c2cc(F)ccc2F)CC1. The molecule has 1 amide bonds. The summed E-state index contributed by atoms with van der Waals surface area (Å²) in [4.78, 5) is 11.8. The molecule has 106 valence electrons. The Balaban J connectivity index is 0.00000180. The summed E-state index contributed by atoms with van der Waals surface area (Å²) in [6, 6.07) is 3.05. The van der Waals surface area contributed by atoms with Crippen LogP contribution in [0, 0.1) is 11.6 Å². The maximum atomic E-state index is 13.4. The molecule has 3 N–H and O–H groups in total. The van der Waals surface area contributed by atoms with Crippen molar-refractivity contribution in [2.75, 3.05) is 0 Å². The van der Waals surface area contributed by atoms with E-state index in [1.807, 2.05) is 0 Å². The molecule has 6 heteroatoms. The predicted octanol–water partition coefficient (Wildman–Crippen LogP) is 2.39. The van der Waals surface area contributed by atoms with E-state index in [1.54, 1.807) is 0 Å². The smallest absolute Gasteiger partial charge is 0.254 e. The van der Waals surface area contributed by atoms with Crippen LogP contribution in [0.5, 0.6) is 0 Å². The summed E-state index contributed by atoms with van der Waals surface area (Å²) >= 11 is 0. The number of benzene rings is 1. The van der Waals surface area contributed by atoms with Gasteiger partial charge in [0.05, 0.1) is 5.56 Å². The monoisotopic (exact) mass is 290 g/mol. The van der Waals surface area contributed by atoms with Gasteiger partial charge in [-0.3, -0.25) is 4.79 Å². The summed E-state index contributed by atoms with van der Waals surface area (Å²) in [7, 11) is 0. The van der Waals surface area contributed by atoms with Crippen molar-refractivity contribution in [1.82, 2.24) is 5.32 Å². The van der Waals surface area contributed by atoms with Gasteiger partial charge in [-0.1, -0.05) is 0 Å². The molecule has 0 saturated heterocycles. The predicted molar refractivity (Wildman–Crippen MR) is 71.3 cm³/mol. The first kappa shape index (κ1) is 15.9. The first-order valence-corrected chi connectivity index (χ1v) is 6.08. The summed E-state index contributed by atoms with van der Waals surface area (Å²) < 4.78 is 26.4. The summed E-state index contributed by atoms with van der Waals surface area (Å²) in [5.41, 5.74) is 5.52. The topological polar surface area (TPSA) is 55.1 Å². The van der Waals surface area contributed by atoms with E-state index in [2.05, 4.69) is 5.32 Å². The second-order valence-electron chi connectivity index (χ2n) is 4.71. The first-order valence-electron chi connectivity index (χ1n) is 6.08. The van der Waals surface area contributed by atoms with Crippen molar-refractivity contribution in [3.8, 4) is 0 Å². The lowest BCUT2D eigenvalue weighted by atomic mass is 9.91. The van der Waals surface area contributed by atoms with Crippen molar-refractivity contribution in [3.05, 3.63) is 35.4 Å². The highest BCUT2D eigenvalue weighted by Gasteiger charge is 2.22. The van der Waals surface area contributed by atoms with Crippen molar-refractivity contribution >= 4 is 18.3 Å². The molecule has 0 aliphatic heterocycles. The Hall–Kier alpha value is -1.20. The molecule has 3 nitrogen and oxygen atoms in total. The van der Waals surface area contributed by atoms with E-state index in [0.717, 1.165) is 43.9 Å². The zero-order valence-electron chi connectivity index (χ0n) is 10.4. The minimum Gasteiger partial charge on any atom is -0.349 e. The van der Waals surface area contributed by atoms with Gasteiger partial charge in [0.2, 0.25) is 0 Å². The molecule has 1 aliphatic carbocycles. The van der Waals surface area contributed by atoms with Crippen LogP contribution in [-0.4, -0.2) is 18.0 Å². The Kier molecular flexibility index (Phi) is 5.69. The maximum absolute atomic E-state index is 13.4. The fourth-order valence-electron chi connectivity index (χ4n) is 2.20. The van der Waals surface area contributed by atoms with Gasteiger partial charge in [0.1, 0.15) is 11.6 Å². The summed E-state index contributed by atoms with van der Waals surface area (Å²) in [6.45, 7) is 0. The Morgan fingerprint density at radius 3 is 2.47 bits per heavy atom. The van der Waals surface area contributed by atoms with Gasteiger partial charge >= 0.3 is 0 Å². The van der Waals surface area contributed by atoms with E-state index >= 15 is 0 Å². The number of nitrogens with two attached hydrogens (primary N) is 1. The molecule has 2 rings (SSSR count). The minimum atomic E-state index is -0.707. The second kappa shape index (κ2) is 6.82. The number of carbonyl (C=O) groups excluding carboxylic acids is 1. The molecule has 1 saturated carbocycles. The Morgan fingerprint density at radius 1 is 1.21 bits per heavy atom. The summed E-state index contributed by atoms with van der Waals surface area (Å²) in [5.74, 6) is -1.89. The molecule has 1 aromatic carbocycles. The molecule has 0 unspecified atom stereocenters. The van der Waals surface area contributed by atoms with Gasteiger partial charge in [0.25, 0.3) is 5.91 Å². The molecule has 1 aliphatic rings. The van der Waals surface area contributed by atoms with E-state index < -0.39 is 17.5 Å². The van der Waals surface area contributed by atoms with Crippen molar-refractivity contribution in [3.63, 3.8) is 0 Å². The normalized spacial score (nSPS) is 22.5. The molecule has 0 aromatic heterocycles. The largest absolute Gasteiger partial charge is 0.349 e. The zero-order valence-corrected chi connectivity index (χ0v) is 11.2. The summed E-state index contributed by atoms with van der Waals surface area (Å²) in [5, 5.41) is 2.72. The number of hydrogen-bond acceptors (Lipinski definition) is 2. The van der Waals surface area contributed by atoms with Crippen LogP contribution in [0.15, 0.2) is 18.2 Å². The van der Waals surface area contributed by atoms with E-state index in [4.69, 9.17) is 5.73 Å². The third kappa shape index (κ3) is 4.14. The maximum Gasteiger partial charge on any atom is 0.254 e. The van der Waals surface area contributed by atoms with Crippen LogP contribution in [0.25, 0.3) is 0 Å². The highest BCUT2D eigenvalue weighted by molar-refractivity contribution is 5.94. The van der Waals surface area contributed by atoms with Gasteiger partial charge in [-0.05, 0) is 43.9 Å². The molecule has 0 atom stereocenters. The van der Waals surface area contributed by atoms with Crippen molar-refractivity contribution in [2.24, 2.45) is 5.73 Å². The number of nitrogens with one attached hydrogen (secondary N) is 1. The number of hydrogen-bond donors (Lipinski definition) is 2. The number of carbonyl (C=O) groups is 1. The van der Waals surface area contributed by atoms with Gasteiger partial charge in [-0.15, -0.1) is 12.4 Å². The third-order valence-electron chi connectivity index (χ3n) is 3.28. The molecule has 1 fully saturated rings. The van der Waals surface area contributed by atoms with E-state index in [-0.39, 0.29) is 30.1 Å². The van der Waals surface area contributed by atoms with E-state index in [9.17, 15) is 13.6 Å². The Labute approximate surface area is 117 Å². The molecule has 0 spiro atoms. The van der Waals surface area contributed by atoms with Gasteiger partial charge in [0.15, 0.2) is 0 Å². The minimum absolute atomic E-state index is 0. The number of amides is 1. The molecule has 0 bridgehead atoms. The first-order chi connectivity index (χ1) is 8.56. The van der Waals surface area contributed by atoms with Crippen LogP contribution >= 0.6 is 12.4 Å². The molecule has 0 heterocycles. The van der Waals surface area contributed by atoms with Gasteiger partial charge in [0, 0.05) is 12.1 Å². The van der Waals surface area contributed by atoms with Crippen molar-refractivity contribution in [1.29, 1.82) is 0 Å². The van der Waals surface area contributed by atoms with Crippen LogP contribution in [0.2, 0.25) is 0 Å². The van der Waals surface area contributed by atoms with Crippen LogP contribution in [0.1, 0.15) is 36.0 Å². The highest BCUT2D eigenvalue weighted by Crippen LogP contribution is 2.18. The lowest BCUT2D eigenvalue weighted by molar-refractivity contribution is 0.0921. The average molecular weight is 291 g/mol. The molecule has 0 radical (unpaired) electrons. The second-order valence-corrected chi connectivity index (χ2v) is 4.71. The molecular formula is C13H17ClF2N2O. The van der Waals surface area contributed by atoms with Crippen LogP contribution < -0.4 is 11.1 Å². The number of rotatable bonds is 2.